The molecule has 1 aromatic rings. The van der Waals surface area contributed by atoms with Gasteiger partial charge in [0.05, 0.1) is 12.3 Å². The standard InChI is InChI=1S/C7H10NO5P/c1-5-7(9)2-6(3-8-5)4-13-14(10,11)12/h2-3,9H,4H2,1H3,(H2,10,11,12). The summed E-state index contributed by atoms with van der Waals surface area (Å²) in [5, 5.41) is 9.22. The second kappa shape index (κ2) is 4.06. The maximum absolute atomic E-state index is 10.3. The van der Waals surface area contributed by atoms with Gasteiger partial charge in [0, 0.05) is 11.8 Å². The fraction of sp³-hybridized carbons (Fsp3) is 0.286. The van der Waals surface area contributed by atoms with E-state index in [-0.39, 0.29) is 12.4 Å². The molecule has 0 saturated carbocycles. The van der Waals surface area contributed by atoms with Crippen LogP contribution in [0.5, 0.6) is 5.75 Å². The first-order valence-corrected chi connectivity index (χ1v) is 5.26. The molecule has 14 heavy (non-hydrogen) atoms. The Morgan fingerprint density at radius 3 is 2.71 bits per heavy atom. The predicted octanol–water partition coefficient (Wildman–Crippen LogP) is 0.705. The summed E-state index contributed by atoms with van der Waals surface area (Å²) >= 11 is 0. The van der Waals surface area contributed by atoms with Gasteiger partial charge >= 0.3 is 7.82 Å². The molecule has 1 heterocycles. The minimum absolute atomic E-state index is 0.0307. The number of hydrogen-bond donors (Lipinski definition) is 3. The van der Waals surface area contributed by atoms with Crippen molar-refractivity contribution in [3.05, 3.63) is 23.5 Å². The van der Waals surface area contributed by atoms with Crippen molar-refractivity contribution in [3.8, 4) is 5.75 Å². The molecule has 0 aliphatic carbocycles. The molecule has 0 spiro atoms. The van der Waals surface area contributed by atoms with E-state index in [4.69, 9.17) is 9.79 Å². The SMILES string of the molecule is Cc1ncc(COP(=O)(O)O)cc1O. The van der Waals surface area contributed by atoms with Gasteiger partial charge in [-0.05, 0) is 13.0 Å². The van der Waals surface area contributed by atoms with Gasteiger partial charge in [-0.1, -0.05) is 0 Å². The molecule has 3 N–H and O–H groups in total. The Bertz CT molecular complexity index is 374. The van der Waals surface area contributed by atoms with Crippen molar-refractivity contribution in [1.82, 2.24) is 4.98 Å². The van der Waals surface area contributed by atoms with Gasteiger partial charge in [0.15, 0.2) is 0 Å². The van der Waals surface area contributed by atoms with Crippen LogP contribution in [-0.4, -0.2) is 19.9 Å². The summed E-state index contributed by atoms with van der Waals surface area (Å²) in [4.78, 5) is 20.6. The summed E-state index contributed by atoms with van der Waals surface area (Å²) < 4.78 is 14.6. The monoisotopic (exact) mass is 219 g/mol. The summed E-state index contributed by atoms with van der Waals surface area (Å²) in [6.07, 6.45) is 1.38. The minimum Gasteiger partial charge on any atom is -0.506 e. The lowest BCUT2D eigenvalue weighted by atomic mass is 10.2. The predicted molar refractivity (Wildman–Crippen MR) is 47.5 cm³/mol. The van der Waals surface area contributed by atoms with Crippen molar-refractivity contribution in [2.24, 2.45) is 0 Å². The number of phosphoric ester groups is 1. The molecule has 6 nitrogen and oxygen atoms in total. The Balaban J connectivity index is 2.69. The summed E-state index contributed by atoms with van der Waals surface area (Å²) in [7, 11) is -4.47. The molecule has 0 atom stereocenters. The average Bonchev–Trinajstić information content (AvgIpc) is 2.06. The molecule has 0 fully saturated rings. The van der Waals surface area contributed by atoms with Crippen LogP contribution in [0.15, 0.2) is 12.3 Å². The third-order valence-electron chi connectivity index (χ3n) is 1.52. The van der Waals surface area contributed by atoms with E-state index in [1.165, 1.54) is 12.3 Å². The van der Waals surface area contributed by atoms with Crippen LogP contribution in [0.1, 0.15) is 11.3 Å². The molecule has 0 saturated heterocycles. The van der Waals surface area contributed by atoms with E-state index in [1.807, 2.05) is 0 Å². The van der Waals surface area contributed by atoms with Crippen LogP contribution >= 0.6 is 7.82 Å². The summed E-state index contributed by atoms with van der Waals surface area (Å²) in [5.41, 5.74) is 0.848. The van der Waals surface area contributed by atoms with E-state index < -0.39 is 7.82 Å². The smallest absolute Gasteiger partial charge is 0.469 e. The van der Waals surface area contributed by atoms with Crippen LogP contribution in [-0.2, 0) is 15.7 Å². The zero-order chi connectivity index (χ0) is 10.8. The minimum atomic E-state index is -4.47. The van der Waals surface area contributed by atoms with E-state index in [1.54, 1.807) is 6.92 Å². The quantitative estimate of drug-likeness (QED) is 0.647. The zero-order valence-corrected chi connectivity index (χ0v) is 8.31. The van der Waals surface area contributed by atoms with E-state index in [0.717, 1.165) is 0 Å². The molecule has 0 aromatic carbocycles. The molecule has 0 amide bonds. The van der Waals surface area contributed by atoms with Crippen LogP contribution in [0.25, 0.3) is 0 Å². The highest BCUT2D eigenvalue weighted by molar-refractivity contribution is 7.46. The Morgan fingerprint density at radius 2 is 2.21 bits per heavy atom. The fourth-order valence-electron chi connectivity index (χ4n) is 0.801. The molecule has 0 bridgehead atoms. The van der Waals surface area contributed by atoms with Crippen LogP contribution in [0.3, 0.4) is 0 Å². The Morgan fingerprint density at radius 1 is 1.57 bits per heavy atom. The average molecular weight is 219 g/mol. The number of aromatic hydroxyl groups is 1. The molecular weight excluding hydrogens is 209 g/mol. The van der Waals surface area contributed by atoms with Gasteiger partial charge in [-0.15, -0.1) is 0 Å². The van der Waals surface area contributed by atoms with E-state index in [9.17, 15) is 9.67 Å². The molecule has 0 unspecified atom stereocenters. The van der Waals surface area contributed by atoms with Crippen LogP contribution in [0.4, 0.5) is 0 Å². The largest absolute Gasteiger partial charge is 0.506 e. The molecule has 0 aliphatic rings. The maximum atomic E-state index is 10.3. The van der Waals surface area contributed by atoms with E-state index in [0.29, 0.717) is 11.3 Å². The number of rotatable bonds is 3. The number of nitrogens with zero attached hydrogens (tertiary/aromatic N) is 1. The van der Waals surface area contributed by atoms with Crippen LogP contribution < -0.4 is 0 Å². The highest BCUT2D eigenvalue weighted by Crippen LogP contribution is 2.37. The number of hydrogen-bond acceptors (Lipinski definition) is 4. The molecule has 78 valence electrons. The fourth-order valence-corrected chi connectivity index (χ4v) is 1.12. The lowest BCUT2D eigenvalue weighted by Crippen LogP contribution is -1.93. The van der Waals surface area contributed by atoms with Crippen molar-refractivity contribution in [2.75, 3.05) is 0 Å². The highest BCUT2D eigenvalue weighted by Gasteiger charge is 2.13. The first-order chi connectivity index (χ1) is 6.38. The van der Waals surface area contributed by atoms with Crippen LogP contribution in [0.2, 0.25) is 0 Å². The van der Waals surface area contributed by atoms with Crippen LogP contribution in [0, 0.1) is 6.92 Å². The number of pyridine rings is 1. The maximum Gasteiger partial charge on any atom is 0.469 e. The van der Waals surface area contributed by atoms with Gasteiger partial charge in [0.1, 0.15) is 5.75 Å². The van der Waals surface area contributed by atoms with Crippen molar-refractivity contribution in [1.29, 1.82) is 0 Å². The molecule has 0 radical (unpaired) electrons. The Kier molecular flexibility index (Phi) is 3.23. The molecule has 7 heteroatoms. The van der Waals surface area contributed by atoms with Crippen molar-refractivity contribution in [2.45, 2.75) is 13.5 Å². The number of aromatic nitrogens is 1. The molecule has 1 rings (SSSR count). The van der Waals surface area contributed by atoms with Gasteiger partial charge in [-0.25, -0.2) is 4.57 Å². The number of aryl methyl sites for hydroxylation is 1. The van der Waals surface area contributed by atoms with E-state index >= 15 is 0 Å². The lowest BCUT2D eigenvalue weighted by Gasteiger charge is -2.05. The number of phosphoric acid groups is 1. The second-order valence-electron chi connectivity index (χ2n) is 2.71. The first-order valence-electron chi connectivity index (χ1n) is 3.73. The summed E-state index contributed by atoms with van der Waals surface area (Å²) in [6, 6.07) is 1.35. The zero-order valence-electron chi connectivity index (χ0n) is 7.41. The van der Waals surface area contributed by atoms with Gasteiger partial charge in [0.25, 0.3) is 0 Å². The first kappa shape index (κ1) is 11.1. The van der Waals surface area contributed by atoms with E-state index in [2.05, 4.69) is 9.51 Å². The third-order valence-corrected chi connectivity index (χ3v) is 1.98. The van der Waals surface area contributed by atoms with Crippen molar-refractivity contribution >= 4 is 7.82 Å². The molecular formula is C7H10NO5P. The third kappa shape index (κ3) is 3.43. The van der Waals surface area contributed by atoms with Crippen molar-refractivity contribution < 1.29 is 24.0 Å². The topological polar surface area (TPSA) is 99.9 Å². The van der Waals surface area contributed by atoms with Crippen molar-refractivity contribution in [3.63, 3.8) is 0 Å². The molecule has 1 aromatic heterocycles. The van der Waals surface area contributed by atoms with Gasteiger partial charge in [-0.2, -0.15) is 0 Å². The van der Waals surface area contributed by atoms with Gasteiger partial charge in [-0.3, -0.25) is 9.51 Å². The summed E-state index contributed by atoms with van der Waals surface area (Å²) in [6.45, 7) is 1.33. The Hall–Kier alpha value is -0.940. The van der Waals surface area contributed by atoms with Gasteiger partial charge < -0.3 is 14.9 Å². The molecule has 0 aliphatic heterocycles. The summed E-state index contributed by atoms with van der Waals surface area (Å²) in [5.74, 6) is -0.0307. The second-order valence-corrected chi connectivity index (χ2v) is 3.95. The normalized spacial score (nSPS) is 11.6. The highest BCUT2D eigenvalue weighted by atomic mass is 31.2. The van der Waals surface area contributed by atoms with Gasteiger partial charge in [0.2, 0.25) is 0 Å². The Labute approximate surface area is 80.4 Å². The lowest BCUT2D eigenvalue weighted by molar-refractivity contribution is 0.188.